The fraction of sp³-hybridized carbons (Fsp3) is 0.290. The minimum atomic E-state index is -4.25. The Balaban J connectivity index is 1.27. The van der Waals surface area contributed by atoms with Crippen molar-refractivity contribution >= 4 is 27.7 Å². The zero-order valence-electron chi connectivity index (χ0n) is 25.9. The summed E-state index contributed by atoms with van der Waals surface area (Å²) >= 11 is 0. The zero-order valence-corrected chi connectivity index (χ0v) is 26.7. The third-order valence-electron chi connectivity index (χ3n) is 8.40. The number of para-hydroxylation sites is 1. The number of carboxylic acid groups (broad SMARTS) is 1. The number of hydrogen-bond donors (Lipinski definition) is 1. The molecule has 1 fully saturated rings. The summed E-state index contributed by atoms with van der Waals surface area (Å²) in [5.41, 5.74) is 1.54. The van der Waals surface area contributed by atoms with Gasteiger partial charge in [-0.3, -0.25) is 19.8 Å². The van der Waals surface area contributed by atoms with Gasteiger partial charge in [0.25, 0.3) is 15.7 Å². The summed E-state index contributed by atoms with van der Waals surface area (Å²) in [5, 5.41) is 30.7. The number of likely N-dealkylation sites (tertiary alicyclic amines) is 1. The monoisotopic (exact) mass is 677 g/mol. The molecule has 0 bridgehead atoms. The number of β-lactam (4-membered cyclic amide) rings is 1. The van der Waals surface area contributed by atoms with Gasteiger partial charge in [-0.15, -0.1) is 0 Å². The van der Waals surface area contributed by atoms with Gasteiger partial charge in [0.2, 0.25) is 5.91 Å². The lowest BCUT2D eigenvalue weighted by Crippen LogP contribution is -2.71. The second-order valence-corrected chi connectivity index (χ2v) is 13.1. The van der Waals surface area contributed by atoms with Crippen LogP contribution in [0, 0.1) is 10.1 Å². The Bertz CT molecular complexity index is 1960. The van der Waals surface area contributed by atoms with Crippen LogP contribution in [0.1, 0.15) is 22.5 Å². The fourth-order valence-corrected chi connectivity index (χ4v) is 7.51. The molecule has 0 spiro atoms. The number of benzene rings is 3. The van der Waals surface area contributed by atoms with Crippen LogP contribution in [0.15, 0.2) is 77.7 Å². The van der Waals surface area contributed by atoms with Gasteiger partial charge < -0.3 is 19.5 Å². The van der Waals surface area contributed by atoms with E-state index in [1.165, 1.54) is 42.1 Å². The number of nitro benzene ring substituents is 1. The summed E-state index contributed by atoms with van der Waals surface area (Å²) in [6.45, 7) is -0.242. The molecule has 2 aliphatic heterocycles. The van der Waals surface area contributed by atoms with Crippen molar-refractivity contribution in [1.82, 2.24) is 29.1 Å². The molecule has 1 N–H and O–H groups in total. The number of nitro groups is 1. The molecular weight excluding hydrogens is 646 g/mol. The van der Waals surface area contributed by atoms with Crippen LogP contribution in [0.4, 0.5) is 10.5 Å². The molecule has 0 unspecified atom stereocenters. The normalized spacial score (nSPS) is 17.5. The number of sulfonamides is 1. The van der Waals surface area contributed by atoms with Crippen LogP contribution in [-0.2, 0) is 47.5 Å². The minimum Gasteiger partial charge on any atom is -0.497 e. The molecule has 0 saturated carbocycles. The number of ether oxygens (including phenoxy) is 2. The molecule has 1 saturated heterocycles. The summed E-state index contributed by atoms with van der Waals surface area (Å²) in [7, 11) is -1.23. The molecule has 1 aromatic heterocycles. The first-order valence-corrected chi connectivity index (χ1v) is 16.2. The Morgan fingerprint density at radius 1 is 1.02 bits per heavy atom. The van der Waals surface area contributed by atoms with Crippen LogP contribution in [0.5, 0.6) is 11.5 Å². The smallest absolute Gasteiger partial charge is 0.408 e. The molecule has 6 rings (SSSR count). The molecule has 4 aromatic rings. The Morgan fingerprint density at radius 3 is 2.31 bits per heavy atom. The predicted molar refractivity (Wildman–Crippen MR) is 167 cm³/mol. The highest BCUT2D eigenvalue weighted by molar-refractivity contribution is 7.89. The lowest BCUT2D eigenvalue weighted by Gasteiger charge is -2.50. The molecule has 16 nitrogen and oxygen atoms in total. The second-order valence-electron chi connectivity index (χ2n) is 11.2. The summed E-state index contributed by atoms with van der Waals surface area (Å²) in [4.78, 5) is 40.5. The van der Waals surface area contributed by atoms with Crippen molar-refractivity contribution < 1.29 is 37.5 Å². The lowest BCUT2D eigenvalue weighted by atomic mass is 9.91. The largest absolute Gasteiger partial charge is 0.497 e. The van der Waals surface area contributed by atoms with E-state index in [0.29, 0.717) is 34.0 Å². The fourth-order valence-electron chi connectivity index (χ4n) is 5.99. The van der Waals surface area contributed by atoms with Crippen molar-refractivity contribution in [2.45, 2.75) is 49.7 Å². The van der Waals surface area contributed by atoms with E-state index in [1.807, 2.05) is 6.07 Å². The maximum Gasteiger partial charge on any atom is 0.408 e. The summed E-state index contributed by atoms with van der Waals surface area (Å²) in [6, 6.07) is 17.5. The SMILES string of the molecule is COc1ccc(CN2C(=O)[C@@H](N(Cc3ccccc3)C(=O)O)[C@@H]2Cn2nc3c(n2)CN(S(=O)(=O)c2ccccc2[N+](=O)[O-])C3)c(OC)c1. The van der Waals surface area contributed by atoms with Crippen LogP contribution in [-0.4, -0.2) is 85.9 Å². The van der Waals surface area contributed by atoms with Crippen molar-refractivity contribution in [1.29, 1.82) is 0 Å². The third kappa shape index (κ3) is 6.00. The standard InChI is InChI=1S/C31H31N7O9S/c1-46-22-13-12-21(27(14-22)47-2)16-35-26(29(30(35)39)36(31(40)41)15-20-8-4-3-5-9-20)19-37-32-23-17-34(18-24(23)33-37)48(44,45)28-11-7-6-10-25(28)38(42)43/h3-14,26,29H,15-19H2,1-2H3,(H,40,41)/t26-,29-/m0/s1. The summed E-state index contributed by atoms with van der Waals surface area (Å²) in [6.07, 6.45) is -1.27. The average molecular weight is 678 g/mol. The number of methoxy groups -OCH3 is 2. The van der Waals surface area contributed by atoms with E-state index in [1.54, 1.807) is 42.5 Å². The Labute approximate surface area is 274 Å². The molecule has 250 valence electrons. The topological polar surface area (TPSA) is 191 Å². The average Bonchev–Trinajstić information content (AvgIpc) is 3.67. The van der Waals surface area contributed by atoms with Crippen molar-refractivity contribution in [3.8, 4) is 11.5 Å². The maximum atomic E-state index is 13.7. The van der Waals surface area contributed by atoms with Crippen molar-refractivity contribution in [2.24, 2.45) is 0 Å². The number of hydrogen-bond acceptors (Lipinski definition) is 10. The van der Waals surface area contributed by atoms with Gasteiger partial charge >= 0.3 is 6.09 Å². The highest BCUT2D eigenvalue weighted by Crippen LogP contribution is 2.35. The van der Waals surface area contributed by atoms with Gasteiger partial charge in [0.05, 0.1) is 44.8 Å². The Morgan fingerprint density at radius 2 is 1.69 bits per heavy atom. The molecule has 17 heteroatoms. The van der Waals surface area contributed by atoms with E-state index >= 15 is 0 Å². The molecule has 0 aliphatic carbocycles. The van der Waals surface area contributed by atoms with Crippen LogP contribution >= 0.6 is 0 Å². The number of carbonyl (C=O) groups is 2. The van der Waals surface area contributed by atoms with Crippen molar-refractivity contribution in [2.75, 3.05) is 14.2 Å². The highest BCUT2D eigenvalue weighted by Gasteiger charge is 2.52. The van der Waals surface area contributed by atoms with Gasteiger partial charge in [-0.1, -0.05) is 42.5 Å². The molecule has 2 atom stereocenters. The second kappa shape index (κ2) is 12.9. The molecule has 2 aliphatic rings. The number of aromatic nitrogens is 3. The first kappa shape index (κ1) is 32.4. The molecule has 0 radical (unpaired) electrons. The van der Waals surface area contributed by atoms with Gasteiger partial charge in [-0.05, 0) is 23.8 Å². The first-order valence-electron chi connectivity index (χ1n) is 14.7. The molecular formula is C31H31N7O9S. The number of fused-ring (bicyclic) bond motifs is 1. The lowest BCUT2D eigenvalue weighted by molar-refractivity contribution is -0.387. The number of amides is 2. The van der Waals surface area contributed by atoms with E-state index < -0.39 is 49.6 Å². The Hall–Kier alpha value is -5.55. The molecule has 2 amide bonds. The van der Waals surface area contributed by atoms with E-state index in [0.717, 1.165) is 15.3 Å². The van der Waals surface area contributed by atoms with Gasteiger partial charge in [-0.2, -0.15) is 19.3 Å². The minimum absolute atomic E-state index is 0.0113. The van der Waals surface area contributed by atoms with E-state index in [2.05, 4.69) is 10.2 Å². The van der Waals surface area contributed by atoms with E-state index in [-0.39, 0.29) is 32.7 Å². The molecule has 3 heterocycles. The van der Waals surface area contributed by atoms with Gasteiger partial charge in [0, 0.05) is 30.8 Å². The summed E-state index contributed by atoms with van der Waals surface area (Å²) < 4.78 is 38.6. The van der Waals surface area contributed by atoms with Gasteiger partial charge in [-0.25, -0.2) is 13.2 Å². The van der Waals surface area contributed by atoms with Crippen LogP contribution in [0.25, 0.3) is 0 Å². The van der Waals surface area contributed by atoms with Crippen LogP contribution in [0.2, 0.25) is 0 Å². The van der Waals surface area contributed by atoms with Gasteiger partial charge in [0.15, 0.2) is 4.90 Å². The van der Waals surface area contributed by atoms with E-state index in [9.17, 15) is 33.2 Å². The summed E-state index contributed by atoms with van der Waals surface area (Å²) in [5.74, 6) is 0.644. The third-order valence-corrected chi connectivity index (χ3v) is 10.2. The van der Waals surface area contributed by atoms with Crippen molar-refractivity contribution in [3.05, 3.63) is 105 Å². The van der Waals surface area contributed by atoms with Crippen LogP contribution in [0.3, 0.4) is 0 Å². The maximum absolute atomic E-state index is 13.7. The van der Waals surface area contributed by atoms with E-state index in [4.69, 9.17) is 9.47 Å². The van der Waals surface area contributed by atoms with Crippen LogP contribution < -0.4 is 9.47 Å². The van der Waals surface area contributed by atoms with Crippen molar-refractivity contribution in [3.63, 3.8) is 0 Å². The highest BCUT2D eigenvalue weighted by atomic mass is 32.2. The number of carbonyl (C=O) groups excluding carboxylic acids is 1. The quantitative estimate of drug-likeness (QED) is 0.132. The first-order chi connectivity index (χ1) is 23.0. The number of rotatable bonds is 12. The Kier molecular flexibility index (Phi) is 8.72. The van der Waals surface area contributed by atoms with Gasteiger partial charge in [0.1, 0.15) is 28.9 Å². The zero-order chi connectivity index (χ0) is 34.2. The predicted octanol–water partition coefficient (Wildman–Crippen LogP) is 2.87. The molecule has 48 heavy (non-hydrogen) atoms. The number of nitrogens with zero attached hydrogens (tertiary/aromatic N) is 7. The molecule has 3 aromatic carbocycles.